The lowest BCUT2D eigenvalue weighted by Crippen LogP contribution is -2.48. The number of hydrogen-bond acceptors (Lipinski definition) is 4. The van der Waals surface area contributed by atoms with Gasteiger partial charge >= 0.3 is 0 Å². The van der Waals surface area contributed by atoms with Gasteiger partial charge in [0.25, 0.3) is 0 Å². The highest BCUT2D eigenvalue weighted by molar-refractivity contribution is 5.82. The molecule has 0 aliphatic carbocycles. The normalized spacial score (nSPS) is 25.7. The number of carbonyl (C=O) groups is 1. The van der Waals surface area contributed by atoms with Gasteiger partial charge in [0.05, 0.1) is 6.04 Å². The molecule has 29 heavy (non-hydrogen) atoms. The summed E-state index contributed by atoms with van der Waals surface area (Å²) in [6.07, 6.45) is 0.928. The summed E-state index contributed by atoms with van der Waals surface area (Å²) in [5.41, 5.74) is 8.72. The van der Waals surface area contributed by atoms with Crippen LogP contribution < -0.4 is 10.9 Å². The average molecular weight is 397 g/mol. The number of benzene rings is 2. The highest BCUT2D eigenvalue weighted by Crippen LogP contribution is 2.29. The summed E-state index contributed by atoms with van der Waals surface area (Å²) in [5.74, 6) is 0.128. The van der Waals surface area contributed by atoms with Gasteiger partial charge in [0.1, 0.15) is 11.9 Å². The number of carbonyl (C=O) groups excluding carboxylic acids is 1. The molecule has 1 amide bonds. The van der Waals surface area contributed by atoms with Crippen molar-refractivity contribution in [1.29, 1.82) is 0 Å². The van der Waals surface area contributed by atoms with Gasteiger partial charge in [0, 0.05) is 38.6 Å². The second kappa shape index (κ2) is 9.03. The topological polar surface area (TPSA) is 47.6 Å². The Morgan fingerprint density at radius 3 is 2.66 bits per heavy atom. The number of nitrogens with zero attached hydrogens (tertiary/aromatic N) is 2. The monoisotopic (exact) mass is 396 g/mol. The van der Waals surface area contributed by atoms with E-state index in [1.54, 1.807) is 12.1 Å². The summed E-state index contributed by atoms with van der Waals surface area (Å²) in [5, 5.41) is 0. The van der Waals surface area contributed by atoms with Crippen molar-refractivity contribution in [2.24, 2.45) is 5.92 Å². The SMILES string of the molecule is CC1C(C(=O)N2CCCN(Cc3cccc(F)c3)CC2)NNC1c1ccccc1. The van der Waals surface area contributed by atoms with Crippen LogP contribution >= 0.6 is 0 Å². The zero-order valence-corrected chi connectivity index (χ0v) is 16.9. The fraction of sp³-hybridized carbons (Fsp3) is 0.435. The Kier molecular flexibility index (Phi) is 6.23. The van der Waals surface area contributed by atoms with Gasteiger partial charge in [0.2, 0.25) is 5.91 Å². The molecule has 0 aromatic heterocycles. The maximum absolute atomic E-state index is 13.4. The summed E-state index contributed by atoms with van der Waals surface area (Å²) < 4.78 is 13.4. The highest BCUT2D eigenvalue weighted by Gasteiger charge is 2.39. The maximum Gasteiger partial charge on any atom is 0.241 e. The summed E-state index contributed by atoms with van der Waals surface area (Å²) >= 11 is 0. The van der Waals surface area contributed by atoms with Gasteiger partial charge in [-0.3, -0.25) is 9.69 Å². The molecule has 5 nitrogen and oxygen atoms in total. The van der Waals surface area contributed by atoms with Crippen LogP contribution in [0.15, 0.2) is 54.6 Å². The van der Waals surface area contributed by atoms with Crippen molar-refractivity contribution < 1.29 is 9.18 Å². The van der Waals surface area contributed by atoms with Crippen LogP contribution in [0.2, 0.25) is 0 Å². The van der Waals surface area contributed by atoms with Crippen molar-refractivity contribution in [2.45, 2.75) is 32.0 Å². The molecular weight excluding hydrogens is 367 g/mol. The van der Waals surface area contributed by atoms with Crippen LogP contribution in [0.25, 0.3) is 0 Å². The zero-order chi connectivity index (χ0) is 20.2. The van der Waals surface area contributed by atoms with Gasteiger partial charge in [-0.2, -0.15) is 0 Å². The first-order chi connectivity index (χ1) is 14.1. The number of hydrogen-bond donors (Lipinski definition) is 2. The van der Waals surface area contributed by atoms with Crippen LogP contribution in [-0.4, -0.2) is 47.9 Å². The molecule has 154 valence electrons. The Labute approximate surface area is 171 Å². The molecule has 2 heterocycles. The lowest BCUT2D eigenvalue weighted by atomic mass is 9.90. The zero-order valence-electron chi connectivity index (χ0n) is 16.9. The van der Waals surface area contributed by atoms with Crippen molar-refractivity contribution in [3.05, 3.63) is 71.5 Å². The standard InChI is InChI=1S/C23H29FN4O/c1-17-21(19-8-3-2-4-9-19)25-26-22(17)23(29)28-12-6-11-27(13-14-28)16-18-7-5-10-20(24)15-18/h2-5,7-10,15,17,21-22,25-26H,6,11-14,16H2,1H3. The molecule has 4 rings (SSSR count). The summed E-state index contributed by atoms with van der Waals surface area (Å²) in [6.45, 7) is 6.03. The first-order valence-corrected chi connectivity index (χ1v) is 10.4. The van der Waals surface area contributed by atoms with Gasteiger partial charge in [0.15, 0.2) is 0 Å². The molecule has 2 aliphatic heterocycles. The summed E-state index contributed by atoms with van der Waals surface area (Å²) in [7, 11) is 0. The van der Waals surface area contributed by atoms with Crippen molar-refractivity contribution in [1.82, 2.24) is 20.7 Å². The minimum absolute atomic E-state index is 0.126. The molecule has 2 saturated heterocycles. The third-order valence-corrected chi connectivity index (χ3v) is 6.07. The number of hydrazine groups is 1. The van der Waals surface area contributed by atoms with Crippen molar-refractivity contribution in [3.8, 4) is 0 Å². The van der Waals surface area contributed by atoms with E-state index in [1.165, 1.54) is 11.6 Å². The Morgan fingerprint density at radius 2 is 1.86 bits per heavy atom. The molecule has 0 saturated carbocycles. The molecule has 0 radical (unpaired) electrons. The largest absolute Gasteiger partial charge is 0.340 e. The molecule has 2 aliphatic rings. The van der Waals surface area contributed by atoms with Crippen LogP contribution in [-0.2, 0) is 11.3 Å². The molecule has 2 aromatic carbocycles. The number of nitrogens with one attached hydrogen (secondary N) is 2. The quantitative estimate of drug-likeness (QED) is 0.834. The Balaban J connectivity index is 1.35. The average Bonchev–Trinajstić information content (AvgIpc) is 2.96. The van der Waals surface area contributed by atoms with Crippen LogP contribution in [0.3, 0.4) is 0 Å². The molecule has 2 aromatic rings. The van der Waals surface area contributed by atoms with E-state index in [1.807, 2.05) is 29.2 Å². The van der Waals surface area contributed by atoms with Gasteiger partial charge in [-0.25, -0.2) is 15.2 Å². The molecule has 3 unspecified atom stereocenters. The predicted octanol–water partition coefficient (Wildman–Crippen LogP) is 2.71. The molecule has 0 spiro atoms. The van der Waals surface area contributed by atoms with Crippen LogP contribution in [0.1, 0.15) is 30.5 Å². The molecular formula is C23H29FN4O. The highest BCUT2D eigenvalue weighted by atomic mass is 19.1. The molecule has 2 N–H and O–H groups in total. The predicted molar refractivity (Wildman–Crippen MR) is 111 cm³/mol. The van der Waals surface area contributed by atoms with E-state index in [-0.39, 0.29) is 29.7 Å². The summed E-state index contributed by atoms with van der Waals surface area (Å²) in [6, 6.07) is 16.9. The van der Waals surface area contributed by atoms with E-state index in [9.17, 15) is 9.18 Å². The lowest BCUT2D eigenvalue weighted by molar-refractivity contribution is -0.133. The fourth-order valence-corrected chi connectivity index (χ4v) is 4.41. The van der Waals surface area contributed by atoms with Crippen molar-refractivity contribution in [3.63, 3.8) is 0 Å². The van der Waals surface area contributed by atoms with E-state index in [0.717, 1.165) is 38.2 Å². The van der Waals surface area contributed by atoms with Gasteiger partial charge < -0.3 is 4.90 Å². The van der Waals surface area contributed by atoms with E-state index in [2.05, 4.69) is 34.8 Å². The van der Waals surface area contributed by atoms with Gasteiger partial charge in [-0.1, -0.05) is 49.4 Å². The second-order valence-corrected chi connectivity index (χ2v) is 8.10. The van der Waals surface area contributed by atoms with Crippen molar-refractivity contribution >= 4 is 5.91 Å². The first kappa shape index (κ1) is 20.0. The van der Waals surface area contributed by atoms with Crippen LogP contribution in [0.4, 0.5) is 4.39 Å². The van der Waals surface area contributed by atoms with Gasteiger partial charge in [-0.15, -0.1) is 0 Å². The number of amides is 1. The van der Waals surface area contributed by atoms with Gasteiger partial charge in [-0.05, 0) is 29.7 Å². The molecule has 3 atom stereocenters. The fourth-order valence-electron chi connectivity index (χ4n) is 4.41. The van der Waals surface area contributed by atoms with E-state index in [0.29, 0.717) is 6.54 Å². The van der Waals surface area contributed by atoms with E-state index >= 15 is 0 Å². The molecule has 0 bridgehead atoms. The molecule has 2 fully saturated rings. The van der Waals surface area contributed by atoms with Crippen LogP contribution in [0, 0.1) is 11.7 Å². The smallest absolute Gasteiger partial charge is 0.241 e. The Morgan fingerprint density at radius 1 is 1.03 bits per heavy atom. The Hall–Kier alpha value is -2.28. The minimum atomic E-state index is -0.227. The van der Waals surface area contributed by atoms with E-state index < -0.39 is 0 Å². The lowest BCUT2D eigenvalue weighted by Gasteiger charge is -2.26. The summed E-state index contributed by atoms with van der Waals surface area (Å²) in [4.78, 5) is 17.5. The first-order valence-electron chi connectivity index (χ1n) is 10.4. The Bertz CT molecular complexity index is 831. The third-order valence-electron chi connectivity index (χ3n) is 6.07. The van der Waals surface area contributed by atoms with Crippen LogP contribution in [0.5, 0.6) is 0 Å². The second-order valence-electron chi connectivity index (χ2n) is 8.10. The molecule has 6 heteroatoms. The third kappa shape index (κ3) is 4.66. The number of rotatable bonds is 4. The maximum atomic E-state index is 13.4. The van der Waals surface area contributed by atoms with Crippen molar-refractivity contribution in [2.75, 3.05) is 26.2 Å². The minimum Gasteiger partial charge on any atom is -0.340 e. The van der Waals surface area contributed by atoms with E-state index in [4.69, 9.17) is 0 Å². The number of halogens is 1.